The first-order valence-corrected chi connectivity index (χ1v) is 17.9. The van der Waals surface area contributed by atoms with Gasteiger partial charge in [0.1, 0.15) is 0 Å². The van der Waals surface area contributed by atoms with Crippen LogP contribution in [-0.4, -0.2) is 16.8 Å². The highest BCUT2D eigenvalue weighted by molar-refractivity contribution is 6.62. The zero-order chi connectivity index (χ0) is 34.6. The number of rotatable bonds is 4. The van der Waals surface area contributed by atoms with E-state index in [0.717, 1.165) is 46.7 Å². The molecule has 7 aromatic carbocycles. The summed E-state index contributed by atoms with van der Waals surface area (Å²) >= 11 is 0. The monoisotopic (exact) mass is 663 g/mol. The van der Waals surface area contributed by atoms with Crippen LogP contribution in [0, 0.1) is 6.92 Å². The second-order valence-corrected chi connectivity index (χ2v) is 13.6. The molecule has 0 unspecified atom stereocenters. The largest absolute Gasteiger partial charge is 0.317 e. The average Bonchev–Trinajstić information content (AvgIpc) is 3.54. The Balaban J connectivity index is 1.26. The van der Waals surface area contributed by atoms with Crippen molar-refractivity contribution >= 4 is 73.2 Å². The third kappa shape index (κ3) is 4.95. The summed E-state index contributed by atoms with van der Waals surface area (Å²) in [5, 5.41) is 7.47. The number of hydrogen-bond donors (Lipinski definition) is 0. The highest BCUT2D eigenvalue weighted by atomic mass is 15.1. The van der Waals surface area contributed by atoms with Gasteiger partial charge in [0.05, 0.1) is 28.1 Å². The van der Waals surface area contributed by atoms with E-state index in [-0.39, 0.29) is 0 Å². The van der Waals surface area contributed by atoms with Crippen LogP contribution in [-0.2, 0) is 0 Å². The predicted molar refractivity (Wildman–Crippen MR) is 223 cm³/mol. The summed E-state index contributed by atoms with van der Waals surface area (Å²) in [6.07, 6.45) is 4.58. The zero-order valence-electron chi connectivity index (χ0n) is 28.9. The predicted octanol–water partition coefficient (Wildman–Crippen LogP) is 11.4. The smallest absolute Gasteiger partial charge is 0.188 e. The van der Waals surface area contributed by atoms with Gasteiger partial charge in [0, 0.05) is 44.9 Å². The lowest BCUT2D eigenvalue weighted by Gasteiger charge is -2.29. The number of benzene rings is 7. The van der Waals surface area contributed by atoms with Crippen molar-refractivity contribution in [3.8, 4) is 22.5 Å². The minimum absolute atomic E-state index is 0.774. The van der Waals surface area contributed by atoms with Crippen LogP contribution in [0.15, 0.2) is 182 Å². The van der Waals surface area contributed by atoms with E-state index in [0.29, 0.717) is 0 Å². The maximum absolute atomic E-state index is 5.30. The Morgan fingerprint density at radius 3 is 1.98 bits per heavy atom. The fourth-order valence-corrected chi connectivity index (χ4v) is 8.03. The van der Waals surface area contributed by atoms with Crippen LogP contribution in [0.3, 0.4) is 0 Å². The lowest BCUT2D eigenvalue weighted by atomic mass is 9.67. The van der Waals surface area contributed by atoms with Crippen LogP contribution >= 0.6 is 0 Å². The topological polar surface area (TPSA) is 21.1 Å². The normalized spacial score (nSPS) is 14.5. The van der Waals surface area contributed by atoms with Crippen molar-refractivity contribution in [2.24, 2.45) is 0 Å². The first-order valence-electron chi connectivity index (χ1n) is 17.9. The molecule has 0 bridgehead atoms. The van der Waals surface area contributed by atoms with Crippen LogP contribution in [0.5, 0.6) is 0 Å². The molecule has 3 heterocycles. The summed E-state index contributed by atoms with van der Waals surface area (Å²) in [6.45, 7) is 2.21. The van der Waals surface area contributed by atoms with Crippen molar-refractivity contribution in [2.75, 3.05) is 4.90 Å². The number of fused-ring (bicyclic) bond motifs is 7. The van der Waals surface area contributed by atoms with Gasteiger partial charge in [-0.25, -0.2) is 4.98 Å². The van der Waals surface area contributed by atoms with E-state index in [1.165, 1.54) is 54.5 Å². The van der Waals surface area contributed by atoms with Crippen molar-refractivity contribution in [1.82, 2.24) is 9.55 Å². The van der Waals surface area contributed by atoms with Crippen molar-refractivity contribution in [3.63, 3.8) is 0 Å². The summed E-state index contributed by atoms with van der Waals surface area (Å²) < 4.78 is 2.47. The van der Waals surface area contributed by atoms with Gasteiger partial charge in [0.2, 0.25) is 0 Å². The molecular weight excluding hydrogens is 629 g/mol. The second kappa shape index (κ2) is 12.3. The number of para-hydroxylation sites is 1. The van der Waals surface area contributed by atoms with Gasteiger partial charge in [-0.05, 0) is 52.9 Å². The molecule has 0 spiro atoms. The molecule has 0 saturated carbocycles. The van der Waals surface area contributed by atoms with Crippen molar-refractivity contribution in [1.29, 1.82) is 0 Å². The van der Waals surface area contributed by atoms with Gasteiger partial charge in [-0.15, -0.1) is 0 Å². The number of allylic oxidation sites excluding steroid dienone is 2. The molecule has 1 aliphatic rings. The zero-order valence-corrected chi connectivity index (χ0v) is 28.9. The molecular formula is C48H34BN3. The van der Waals surface area contributed by atoms with Gasteiger partial charge in [-0.3, -0.25) is 0 Å². The fraction of sp³-hybridized carbons (Fsp3) is 0.0208. The molecule has 0 aliphatic carbocycles. The quantitative estimate of drug-likeness (QED) is 0.175. The van der Waals surface area contributed by atoms with Gasteiger partial charge < -0.3 is 9.47 Å². The minimum Gasteiger partial charge on any atom is -0.317 e. The molecule has 0 saturated heterocycles. The molecule has 52 heavy (non-hydrogen) atoms. The van der Waals surface area contributed by atoms with Crippen LogP contribution in [0.1, 0.15) is 5.56 Å². The Morgan fingerprint density at radius 1 is 0.538 bits per heavy atom. The van der Waals surface area contributed by atoms with E-state index in [9.17, 15) is 0 Å². The van der Waals surface area contributed by atoms with Gasteiger partial charge in [-0.1, -0.05) is 157 Å². The van der Waals surface area contributed by atoms with E-state index < -0.39 is 0 Å². The maximum atomic E-state index is 5.30. The van der Waals surface area contributed by atoms with Crippen molar-refractivity contribution in [3.05, 3.63) is 188 Å². The van der Waals surface area contributed by atoms with Crippen molar-refractivity contribution < 1.29 is 0 Å². The number of nitrogens with zero attached hydrogens (tertiary/aromatic N) is 3. The van der Waals surface area contributed by atoms with Crippen LogP contribution in [0.25, 0.3) is 71.6 Å². The number of aromatic nitrogens is 2. The SMILES string of the molecule is Cc1c(N2/C=C\C(n3c4ccccc4c4ccc5ccccc5c43)=C/Bc3cc4ccccc4cc32)cc(-c2ccccc2)nc1-c1ccccc1. The Morgan fingerprint density at radius 2 is 1.19 bits per heavy atom. The molecule has 2 aromatic heterocycles. The molecule has 0 fully saturated rings. The molecule has 0 amide bonds. The van der Waals surface area contributed by atoms with Gasteiger partial charge in [-0.2, -0.15) is 0 Å². The Bertz CT molecular complexity index is 2890. The summed E-state index contributed by atoms with van der Waals surface area (Å²) in [4.78, 5) is 7.70. The summed E-state index contributed by atoms with van der Waals surface area (Å²) in [5.74, 6) is 2.40. The van der Waals surface area contributed by atoms with E-state index >= 15 is 0 Å². The molecule has 1 aliphatic heterocycles. The number of anilines is 2. The Labute approximate surface area is 303 Å². The molecule has 4 heteroatoms. The molecule has 9 aromatic rings. The fourth-order valence-electron chi connectivity index (χ4n) is 8.03. The summed E-state index contributed by atoms with van der Waals surface area (Å²) in [6, 6.07) is 58.8. The van der Waals surface area contributed by atoms with E-state index in [1.54, 1.807) is 0 Å². The highest BCUT2D eigenvalue weighted by Gasteiger charge is 2.22. The standard InChI is InChI=1S/C48H34BN3/c1-32-45(30-43(34-15-4-2-5-16-34)50-47(32)35-17-6-3-7-18-35)51-27-26-38(31-49-42-28-36-19-8-9-20-37(36)29-46(42)51)52-44-23-13-12-22-40(44)41-25-24-33-14-10-11-21-39(33)48(41)52/h2-31,49H,1H3/b27-26-,38-31+. The second-order valence-electron chi connectivity index (χ2n) is 13.6. The Kier molecular flexibility index (Phi) is 7.14. The van der Waals surface area contributed by atoms with E-state index in [1.807, 2.05) is 0 Å². The molecule has 244 valence electrons. The lowest BCUT2D eigenvalue weighted by molar-refractivity contribution is 1.19. The summed E-state index contributed by atoms with van der Waals surface area (Å²) in [7, 11) is 0.774. The Hall–Kier alpha value is -6.65. The van der Waals surface area contributed by atoms with Gasteiger partial charge in [0.15, 0.2) is 7.28 Å². The third-order valence-corrected chi connectivity index (χ3v) is 10.6. The van der Waals surface area contributed by atoms with Crippen molar-refractivity contribution in [2.45, 2.75) is 6.92 Å². The molecule has 3 nitrogen and oxygen atoms in total. The van der Waals surface area contributed by atoms with E-state index in [4.69, 9.17) is 4.98 Å². The van der Waals surface area contributed by atoms with Crippen LogP contribution < -0.4 is 10.4 Å². The van der Waals surface area contributed by atoms with Gasteiger partial charge >= 0.3 is 0 Å². The lowest BCUT2D eigenvalue weighted by Crippen LogP contribution is -2.25. The van der Waals surface area contributed by atoms with E-state index in [2.05, 4.69) is 198 Å². The minimum atomic E-state index is 0.774. The van der Waals surface area contributed by atoms with Crippen LogP contribution in [0.2, 0.25) is 0 Å². The highest BCUT2D eigenvalue weighted by Crippen LogP contribution is 2.40. The number of pyridine rings is 1. The first kappa shape index (κ1) is 30.2. The molecule has 10 rings (SSSR count). The third-order valence-electron chi connectivity index (χ3n) is 10.6. The number of hydrogen-bond acceptors (Lipinski definition) is 2. The first-order chi connectivity index (χ1) is 25.7. The summed E-state index contributed by atoms with van der Waals surface area (Å²) in [5.41, 5.74) is 12.4. The van der Waals surface area contributed by atoms with Gasteiger partial charge in [0.25, 0.3) is 0 Å². The maximum Gasteiger partial charge on any atom is 0.188 e. The molecule has 0 radical (unpaired) electrons. The molecule has 0 atom stereocenters. The average molecular weight is 664 g/mol. The molecule has 0 N–H and O–H groups in total. The van der Waals surface area contributed by atoms with Crippen LogP contribution in [0.4, 0.5) is 11.4 Å².